The highest BCUT2D eigenvalue weighted by Gasteiger charge is 2.39. The maximum Gasteiger partial charge on any atom is 0.339 e. The maximum absolute atomic E-state index is 12.5. The summed E-state index contributed by atoms with van der Waals surface area (Å²) in [5.74, 6) is -3.61. The Morgan fingerprint density at radius 1 is 0.579 bits per heavy atom. The summed E-state index contributed by atoms with van der Waals surface area (Å²) >= 11 is 0. The van der Waals surface area contributed by atoms with E-state index in [-0.39, 0.29) is 61.0 Å². The van der Waals surface area contributed by atoms with E-state index in [9.17, 15) is 41.4 Å². The van der Waals surface area contributed by atoms with Crippen molar-refractivity contribution in [3.05, 3.63) is 144 Å². The highest BCUT2D eigenvalue weighted by Crippen LogP contribution is 2.36. The summed E-state index contributed by atoms with van der Waals surface area (Å²) in [5.41, 5.74) is -0.817. The van der Waals surface area contributed by atoms with Gasteiger partial charge in [-0.3, -0.25) is 18.2 Å². The van der Waals surface area contributed by atoms with Crippen molar-refractivity contribution in [3.8, 4) is 11.5 Å². The first kappa shape index (κ1) is 40.7. The van der Waals surface area contributed by atoms with Crippen LogP contribution in [0.1, 0.15) is 21.5 Å². The number of carbonyl (C=O) groups excluding carboxylic acids is 2. The quantitative estimate of drug-likeness (QED) is 0.124. The number of carbonyl (C=O) groups is 3. The molecule has 294 valence electrons. The number of pyridine rings is 2. The van der Waals surface area contributed by atoms with Crippen LogP contribution in [0.4, 0.5) is 11.6 Å². The molecule has 2 aliphatic heterocycles. The molecule has 7 rings (SSSR count). The van der Waals surface area contributed by atoms with E-state index in [1.807, 2.05) is 0 Å². The number of aliphatic hydroxyl groups excluding tert-OH is 2. The largest absolute Gasteiger partial charge is 0.508 e. The average molecular weight is 817 g/mol. The molecule has 0 saturated carbocycles. The van der Waals surface area contributed by atoms with E-state index in [2.05, 4.69) is 20.6 Å². The Bertz CT molecular complexity index is 2500. The van der Waals surface area contributed by atoms with Gasteiger partial charge in [-0.15, -0.1) is 0 Å². The van der Waals surface area contributed by atoms with Crippen molar-refractivity contribution in [2.24, 2.45) is 0 Å². The van der Waals surface area contributed by atoms with Gasteiger partial charge in [0.2, 0.25) is 0 Å². The lowest BCUT2D eigenvalue weighted by molar-refractivity contribution is -0.114. The van der Waals surface area contributed by atoms with Crippen LogP contribution >= 0.6 is 0 Å². The van der Waals surface area contributed by atoms with E-state index in [0.29, 0.717) is 0 Å². The lowest BCUT2D eigenvalue weighted by Gasteiger charge is -2.28. The number of nitrogens with zero attached hydrogens (tertiary/aromatic N) is 4. The van der Waals surface area contributed by atoms with Gasteiger partial charge in [-0.2, -0.15) is 0 Å². The zero-order valence-electron chi connectivity index (χ0n) is 29.7. The smallest absolute Gasteiger partial charge is 0.339 e. The Morgan fingerprint density at radius 3 is 1.35 bits per heavy atom. The molecule has 0 spiro atoms. The molecule has 0 aliphatic carbocycles. The molecule has 5 aromatic rings. The van der Waals surface area contributed by atoms with Crippen LogP contribution in [0.15, 0.2) is 137 Å². The highest BCUT2D eigenvalue weighted by atomic mass is 32.2. The Balaban J connectivity index is 0.000000174. The van der Waals surface area contributed by atoms with Crippen LogP contribution in [0, 0.1) is 0 Å². The van der Waals surface area contributed by atoms with Crippen LogP contribution in [0.3, 0.4) is 0 Å². The number of carboxylic acids is 1. The summed E-state index contributed by atoms with van der Waals surface area (Å²) < 4.78 is 51.5. The number of nitrogens with one attached hydrogen (secondary N) is 2. The number of sulfonamides is 2. The number of aliphatic hydroxyl groups is 2. The van der Waals surface area contributed by atoms with Gasteiger partial charge in [-0.25, -0.2) is 31.6 Å². The van der Waals surface area contributed by atoms with Gasteiger partial charge in [-0.05, 0) is 66.7 Å². The predicted octanol–water partition coefficient (Wildman–Crippen LogP) is 3.96. The van der Waals surface area contributed by atoms with Crippen molar-refractivity contribution in [2.45, 2.75) is 9.79 Å². The first-order valence-electron chi connectivity index (χ1n) is 16.2. The number of carboxylic acid groups (broad SMARTS) is 1. The number of hydrogen-bond donors (Lipinski definition) is 7. The van der Waals surface area contributed by atoms with Crippen molar-refractivity contribution in [2.75, 3.05) is 24.7 Å². The molecule has 0 atom stereocenters. The van der Waals surface area contributed by atoms with Crippen LogP contribution in [-0.2, 0) is 29.6 Å². The molecule has 57 heavy (non-hydrogen) atoms. The number of aromatic hydroxyl groups is 2. The molecule has 3 aromatic carbocycles. The van der Waals surface area contributed by atoms with E-state index in [1.165, 1.54) is 56.8 Å². The molecule has 2 aromatic heterocycles. The number of fused-ring (bicyclic) bond motifs is 2. The SMILES string of the molecule is CN1C(C(=O)Nc2ccccn2)=C(O)c2ccccc2S1(=O)=O.CN1C(C(=O)Nc2ccccn2)=C(O)c2ccccc2S1(=O)=O.O=C(O)c1cc(O)ccc1O. The number of aromatic nitrogens is 2. The van der Waals surface area contributed by atoms with Crippen molar-refractivity contribution in [1.82, 2.24) is 18.6 Å². The van der Waals surface area contributed by atoms with Gasteiger partial charge in [0.1, 0.15) is 28.7 Å². The summed E-state index contributed by atoms with van der Waals surface area (Å²) in [5, 5.41) is 51.8. The van der Waals surface area contributed by atoms with Crippen LogP contribution < -0.4 is 10.6 Å². The normalized spacial score (nSPS) is 14.7. The topological polar surface area (TPSA) is 277 Å². The summed E-state index contributed by atoms with van der Waals surface area (Å²) in [4.78, 5) is 42.9. The summed E-state index contributed by atoms with van der Waals surface area (Å²) in [7, 11) is -5.38. The van der Waals surface area contributed by atoms with Crippen LogP contribution in [0.2, 0.25) is 0 Å². The van der Waals surface area contributed by atoms with E-state index in [0.717, 1.165) is 20.7 Å². The molecule has 0 radical (unpaired) electrons. The summed E-state index contributed by atoms with van der Waals surface area (Å²) in [6.07, 6.45) is 2.97. The third kappa shape index (κ3) is 8.45. The lowest BCUT2D eigenvalue weighted by atomic mass is 10.1. The molecule has 0 bridgehead atoms. The molecule has 0 unspecified atom stereocenters. The second-order valence-corrected chi connectivity index (χ2v) is 15.6. The van der Waals surface area contributed by atoms with Crippen molar-refractivity contribution >= 4 is 61.0 Å². The number of benzene rings is 3. The molecular weight excluding hydrogens is 785 g/mol. The van der Waals surface area contributed by atoms with Crippen molar-refractivity contribution in [3.63, 3.8) is 0 Å². The summed E-state index contributed by atoms with van der Waals surface area (Å²) in [6, 6.07) is 25.1. The average Bonchev–Trinajstić information content (AvgIpc) is 3.19. The monoisotopic (exact) mass is 816 g/mol. The van der Waals surface area contributed by atoms with E-state index < -0.39 is 49.3 Å². The predicted molar refractivity (Wildman–Crippen MR) is 204 cm³/mol. The number of likely N-dealkylation sites (N-methyl/N-ethyl adjacent to an activating group) is 2. The van der Waals surface area contributed by atoms with E-state index >= 15 is 0 Å². The second kappa shape index (κ2) is 16.5. The lowest BCUT2D eigenvalue weighted by Crippen LogP contribution is -2.37. The molecule has 2 amide bonds. The minimum atomic E-state index is -3.91. The number of phenolic OH excluding ortho intramolecular Hbond substituents is 1. The molecule has 7 N–H and O–H groups in total. The third-order valence-corrected chi connectivity index (χ3v) is 11.7. The Morgan fingerprint density at radius 2 is 0.982 bits per heavy atom. The number of hydrogen-bond acceptors (Lipinski definition) is 13. The van der Waals surface area contributed by atoms with Gasteiger partial charge in [0.05, 0.1) is 9.79 Å². The fourth-order valence-corrected chi connectivity index (χ4v) is 8.08. The minimum absolute atomic E-state index is 0.0469. The summed E-state index contributed by atoms with van der Waals surface area (Å²) in [6.45, 7) is 0. The Labute approximate surface area is 325 Å². The maximum atomic E-state index is 12.5. The fraction of sp³-hybridized carbons (Fsp3) is 0.0541. The first-order valence-corrected chi connectivity index (χ1v) is 19.1. The van der Waals surface area contributed by atoms with Gasteiger partial charge in [0, 0.05) is 37.6 Å². The number of phenols is 2. The number of rotatable bonds is 5. The van der Waals surface area contributed by atoms with Gasteiger partial charge in [0.25, 0.3) is 31.9 Å². The third-order valence-electron chi connectivity index (χ3n) is 8.09. The first-order chi connectivity index (χ1) is 27.0. The van der Waals surface area contributed by atoms with Gasteiger partial charge < -0.3 is 36.2 Å². The van der Waals surface area contributed by atoms with Crippen LogP contribution in [-0.4, -0.2) is 92.8 Å². The number of amides is 2. The van der Waals surface area contributed by atoms with E-state index in [1.54, 1.807) is 60.7 Å². The molecule has 4 heterocycles. The molecule has 2 aliphatic rings. The molecule has 0 saturated heterocycles. The molecular formula is C37H32N6O12S2. The van der Waals surface area contributed by atoms with Crippen LogP contribution in [0.25, 0.3) is 11.5 Å². The van der Waals surface area contributed by atoms with E-state index in [4.69, 9.17) is 15.3 Å². The molecule has 20 heteroatoms. The van der Waals surface area contributed by atoms with Gasteiger partial charge in [-0.1, -0.05) is 36.4 Å². The zero-order valence-corrected chi connectivity index (χ0v) is 31.3. The van der Waals surface area contributed by atoms with Crippen LogP contribution in [0.5, 0.6) is 11.5 Å². The standard InChI is InChI=1S/2C15H13N3O4S.C7H6O4/c2*1-18-13(15(20)17-12-8-4-5-9-16-12)14(19)10-6-2-3-7-11(10)23(18,21)22;8-4-1-2-6(9)5(3-4)7(10)11/h2*2-9,19H,1H3,(H,16,17,20);1-3,8-9H,(H,10,11). The second-order valence-electron chi connectivity index (χ2n) is 11.7. The Hall–Kier alpha value is -7.45. The van der Waals surface area contributed by atoms with Crippen molar-refractivity contribution in [1.29, 1.82) is 0 Å². The molecule has 0 fully saturated rings. The fourth-order valence-electron chi connectivity index (χ4n) is 5.28. The van der Waals surface area contributed by atoms with Crippen molar-refractivity contribution < 1.29 is 56.8 Å². The Kier molecular flexibility index (Phi) is 11.8. The molecule has 18 nitrogen and oxygen atoms in total. The number of aromatic carboxylic acids is 1. The van der Waals surface area contributed by atoms with Gasteiger partial charge >= 0.3 is 5.97 Å². The number of anilines is 2. The zero-order chi connectivity index (χ0) is 41.7. The highest BCUT2D eigenvalue weighted by molar-refractivity contribution is 7.89. The van der Waals surface area contributed by atoms with Gasteiger partial charge in [0.15, 0.2) is 22.9 Å². The minimum Gasteiger partial charge on any atom is -0.508 e.